The highest BCUT2D eigenvalue weighted by atomic mass is 32.2. The number of hydrogen-bond donors (Lipinski definition) is 2. The number of nitrogens with zero attached hydrogens (tertiary/aromatic N) is 1. The lowest BCUT2D eigenvalue weighted by molar-refractivity contribution is 0.1000. The van der Waals surface area contributed by atoms with Crippen LogP contribution < -0.4 is 10.9 Å². The van der Waals surface area contributed by atoms with Crippen molar-refractivity contribution in [1.82, 2.24) is 4.98 Å². The molecular formula is C20H15N3O5S3. The number of thiazole rings is 1. The quantitative estimate of drug-likeness (QED) is 0.455. The molecule has 0 radical (unpaired) electrons. The molecule has 31 heavy (non-hydrogen) atoms. The minimum absolute atomic E-state index is 0.0449. The fourth-order valence-electron chi connectivity index (χ4n) is 3.09. The number of carbonyl (C=O) groups is 1. The van der Waals surface area contributed by atoms with Crippen molar-refractivity contribution >= 4 is 47.3 Å². The molecule has 11 heteroatoms. The number of aromatic nitrogens is 1. The minimum atomic E-state index is -4.43. The van der Waals surface area contributed by atoms with Crippen LogP contribution in [0, 0.1) is 0 Å². The molecule has 8 nitrogen and oxygen atoms in total. The van der Waals surface area contributed by atoms with Gasteiger partial charge in [-0.2, -0.15) is 0 Å². The Hall–Kier alpha value is -3.12. The molecule has 0 saturated carbocycles. The average Bonchev–Trinajstić information content (AvgIpc) is 3.17. The molecule has 1 amide bonds. The number of carbonyl (C=O) groups excluding carboxylic acids is 1. The van der Waals surface area contributed by atoms with E-state index in [-0.39, 0.29) is 16.0 Å². The average molecular weight is 474 g/mol. The van der Waals surface area contributed by atoms with Gasteiger partial charge in [-0.1, -0.05) is 24.3 Å². The zero-order valence-corrected chi connectivity index (χ0v) is 18.2. The van der Waals surface area contributed by atoms with Crippen molar-refractivity contribution in [2.45, 2.75) is 14.7 Å². The van der Waals surface area contributed by atoms with Gasteiger partial charge in [0.15, 0.2) is 0 Å². The predicted octanol–water partition coefficient (Wildman–Crippen LogP) is 2.54. The van der Waals surface area contributed by atoms with Crippen LogP contribution in [0.15, 0.2) is 81.4 Å². The normalized spacial score (nSPS) is 12.2. The first-order chi connectivity index (χ1) is 14.6. The molecule has 0 unspecified atom stereocenters. The van der Waals surface area contributed by atoms with Crippen molar-refractivity contribution in [2.24, 2.45) is 10.9 Å². The van der Waals surface area contributed by atoms with Crippen molar-refractivity contribution in [2.75, 3.05) is 0 Å². The maximum absolute atomic E-state index is 13.6. The lowest BCUT2D eigenvalue weighted by Crippen LogP contribution is -2.18. The molecule has 1 heterocycles. The summed E-state index contributed by atoms with van der Waals surface area (Å²) in [6, 6.07) is 16.2. The Bertz CT molecular complexity index is 1520. The number of amides is 1. The fourth-order valence-corrected chi connectivity index (χ4v) is 7.02. The molecule has 0 saturated heterocycles. The molecule has 4 N–H and O–H groups in total. The van der Waals surface area contributed by atoms with Gasteiger partial charge < -0.3 is 5.73 Å². The number of fused-ring (bicyclic) bond motifs is 1. The summed E-state index contributed by atoms with van der Waals surface area (Å²) in [5, 5.41) is 5.63. The van der Waals surface area contributed by atoms with Gasteiger partial charge >= 0.3 is 0 Å². The SMILES string of the molecule is NC(=O)c1ccc(-c2nc3ccccc3s2)c(S(=O)(=O)c2ccccc2S(N)(=O)=O)c1. The third kappa shape index (κ3) is 3.83. The Kier molecular flexibility index (Phi) is 5.13. The molecule has 0 aliphatic rings. The minimum Gasteiger partial charge on any atom is -0.366 e. The van der Waals surface area contributed by atoms with Crippen LogP contribution in [0.25, 0.3) is 20.8 Å². The molecule has 1 aromatic heterocycles. The molecule has 0 aliphatic carbocycles. The summed E-state index contributed by atoms with van der Waals surface area (Å²) in [5.74, 6) is -0.827. The summed E-state index contributed by atoms with van der Waals surface area (Å²) in [4.78, 5) is 14.9. The third-order valence-electron chi connectivity index (χ3n) is 4.53. The number of sulfonamides is 1. The van der Waals surface area contributed by atoms with E-state index in [1.165, 1.54) is 35.6 Å². The maximum atomic E-state index is 13.6. The zero-order valence-electron chi connectivity index (χ0n) is 15.7. The van der Waals surface area contributed by atoms with Crippen LogP contribution in [0.4, 0.5) is 0 Å². The van der Waals surface area contributed by atoms with E-state index in [0.29, 0.717) is 10.5 Å². The molecular weight excluding hydrogens is 458 g/mol. The van der Waals surface area contributed by atoms with Gasteiger partial charge in [0.25, 0.3) is 0 Å². The van der Waals surface area contributed by atoms with Crippen LogP contribution in [0.1, 0.15) is 10.4 Å². The van der Waals surface area contributed by atoms with Gasteiger partial charge in [-0.25, -0.2) is 27.0 Å². The van der Waals surface area contributed by atoms with Gasteiger partial charge in [-0.3, -0.25) is 4.79 Å². The smallest absolute Gasteiger partial charge is 0.248 e. The van der Waals surface area contributed by atoms with Crippen LogP contribution in [0.3, 0.4) is 0 Å². The molecule has 0 spiro atoms. The summed E-state index contributed by atoms with van der Waals surface area (Å²) < 4.78 is 52.0. The van der Waals surface area contributed by atoms with Gasteiger partial charge in [0.2, 0.25) is 25.8 Å². The monoisotopic (exact) mass is 473 g/mol. The van der Waals surface area contributed by atoms with Crippen molar-refractivity contribution in [1.29, 1.82) is 0 Å². The predicted molar refractivity (Wildman–Crippen MR) is 117 cm³/mol. The maximum Gasteiger partial charge on any atom is 0.248 e. The molecule has 3 aromatic carbocycles. The Labute approximate surface area is 182 Å². The van der Waals surface area contributed by atoms with E-state index in [1.54, 1.807) is 6.07 Å². The van der Waals surface area contributed by atoms with Gasteiger partial charge in [0.1, 0.15) is 9.90 Å². The summed E-state index contributed by atoms with van der Waals surface area (Å²) in [6.45, 7) is 0. The zero-order chi connectivity index (χ0) is 22.4. The Balaban J connectivity index is 2.04. The van der Waals surface area contributed by atoms with Crippen LogP contribution in [-0.4, -0.2) is 27.7 Å². The first-order valence-corrected chi connectivity index (χ1v) is 12.6. The van der Waals surface area contributed by atoms with Crippen molar-refractivity contribution < 1.29 is 21.6 Å². The number of primary sulfonamides is 1. The molecule has 158 valence electrons. The van der Waals surface area contributed by atoms with Gasteiger partial charge in [-0.15, -0.1) is 11.3 Å². The van der Waals surface area contributed by atoms with E-state index in [1.807, 2.05) is 18.2 Å². The highest BCUT2D eigenvalue weighted by molar-refractivity contribution is 7.93. The molecule has 0 fully saturated rings. The highest BCUT2D eigenvalue weighted by Crippen LogP contribution is 2.37. The van der Waals surface area contributed by atoms with E-state index in [2.05, 4.69) is 4.98 Å². The van der Waals surface area contributed by atoms with E-state index >= 15 is 0 Å². The van der Waals surface area contributed by atoms with Crippen LogP contribution >= 0.6 is 11.3 Å². The van der Waals surface area contributed by atoms with Crippen LogP contribution in [0.5, 0.6) is 0 Å². The molecule has 0 bridgehead atoms. The number of hydrogen-bond acceptors (Lipinski definition) is 7. The summed E-state index contributed by atoms with van der Waals surface area (Å²) >= 11 is 1.27. The topological polar surface area (TPSA) is 150 Å². The van der Waals surface area contributed by atoms with Gasteiger partial charge in [-0.05, 0) is 42.5 Å². The summed E-state index contributed by atoms with van der Waals surface area (Å²) in [6.07, 6.45) is 0. The number of sulfone groups is 1. The first-order valence-electron chi connectivity index (χ1n) is 8.76. The third-order valence-corrected chi connectivity index (χ3v) is 8.54. The van der Waals surface area contributed by atoms with E-state index < -0.39 is 35.6 Å². The van der Waals surface area contributed by atoms with Crippen molar-refractivity contribution in [3.05, 3.63) is 72.3 Å². The van der Waals surface area contributed by atoms with Gasteiger partial charge in [0, 0.05) is 11.1 Å². The van der Waals surface area contributed by atoms with E-state index in [9.17, 15) is 21.6 Å². The standard InChI is InChI=1S/C20H15N3O5S3/c21-19(24)12-9-10-13(20-23-14-5-1-2-6-15(14)29-20)18(11-12)30(25,26)16-7-3-4-8-17(16)31(22,27)28/h1-11H,(H2,21,24)(H2,22,27,28). The lowest BCUT2D eigenvalue weighted by atomic mass is 10.1. The summed E-state index contributed by atoms with van der Waals surface area (Å²) in [7, 11) is -8.76. The first kappa shape index (κ1) is 21.1. The largest absolute Gasteiger partial charge is 0.366 e. The van der Waals surface area contributed by atoms with Crippen LogP contribution in [-0.2, 0) is 19.9 Å². The molecule has 0 atom stereocenters. The van der Waals surface area contributed by atoms with Crippen molar-refractivity contribution in [3.8, 4) is 10.6 Å². The van der Waals surface area contributed by atoms with Crippen molar-refractivity contribution in [3.63, 3.8) is 0 Å². The molecule has 4 rings (SSSR count). The Morgan fingerprint density at radius 1 is 0.839 bits per heavy atom. The second-order valence-electron chi connectivity index (χ2n) is 6.56. The summed E-state index contributed by atoms with van der Waals surface area (Å²) in [5.41, 5.74) is 6.20. The number of benzene rings is 3. The lowest BCUT2D eigenvalue weighted by Gasteiger charge is -2.13. The van der Waals surface area contributed by atoms with Gasteiger partial charge in [0.05, 0.1) is 20.0 Å². The number of nitrogens with two attached hydrogens (primary N) is 2. The Morgan fingerprint density at radius 3 is 2.13 bits per heavy atom. The number of rotatable bonds is 5. The molecule has 0 aliphatic heterocycles. The second kappa shape index (κ2) is 7.54. The second-order valence-corrected chi connectivity index (χ2v) is 11.0. The van der Waals surface area contributed by atoms with Crippen LogP contribution in [0.2, 0.25) is 0 Å². The number of para-hydroxylation sites is 1. The molecule has 4 aromatic rings. The Morgan fingerprint density at radius 2 is 1.48 bits per heavy atom. The fraction of sp³-hybridized carbons (Fsp3) is 0. The highest BCUT2D eigenvalue weighted by Gasteiger charge is 2.29. The van der Waals surface area contributed by atoms with E-state index in [0.717, 1.165) is 22.9 Å². The number of primary amides is 1. The van der Waals surface area contributed by atoms with E-state index in [4.69, 9.17) is 10.9 Å².